The maximum Gasteiger partial charge on any atom is 0.221 e. The number of benzene rings is 1. The fourth-order valence-electron chi connectivity index (χ4n) is 2.02. The molecule has 0 aromatic heterocycles. The minimum atomic E-state index is 0.0372. The van der Waals surface area contributed by atoms with Crippen LogP contribution in [-0.4, -0.2) is 56.6 Å². The minimum absolute atomic E-state index is 0.0372. The number of hydrogen-bond acceptors (Lipinski definition) is 3. The number of hydrogen-bond donors (Lipinski definition) is 2. The van der Waals surface area contributed by atoms with Crippen LogP contribution in [0, 0.1) is 0 Å². The first-order valence-electron chi connectivity index (χ1n) is 8.71. The number of guanidine groups is 1. The second-order valence-corrected chi connectivity index (χ2v) is 6.00. The molecule has 0 radical (unpaired) electrons. The van der Waals surface area contributed by atoms with Crippen LogP contribution in [0.4, 0.5) is 0 Å². The molecule has 0 aliphatic carbocycles. The highest BCUT2D eigenvalue weighted by atomic mass is 35.5. The molecule has 1 rings (SSSR count). The molecular formula is C18H29ClN4O2. The van der Waals surface area contributed by atoms with E-state index in [1.54, 1.807) is 12.1 Å². The SMILES string of the molecule is CCCNC(=O)CCN=C(NCC)N(C)CCOc1ccc(Cl)cc1. The molecule has 1 aromatic carbocycles. The summed E-state index contributed by atoms with van der Waals surface area (Å²) in [5, 5.41) is 6.77. The number of likely N-dealkylation sites (N-methyl/N-ethyl adjacent to an activating group) is 1. The number of rotatable bonds is 10. The predicted molar refractivity (Wildman–Crippen MR) is 103 cm³/mol. The molecule has 1 aromatic rings. The molecule has 0 bridgehead atoms. The molecule has 140 valence electrons. The van der Waals surface area contributed by atoms with Crippen LogP contribution < -0.4 is 15.4 Å². The Kier molecular flexibility index (Phi) is 10.5. The molecule has 1 amide bonds. The van der Waals surface area contributed by atoms with Gasteiger partial charge in [0.1, 0.15) is 12.4 Å². The fraction of sp³-hybridized carbons (Fsp3) is 0.556. The zero-order chi connectivity index (χ0) is 18.5. The van der Waals surface area contributed by atoms with Crippen LogP contribution in [0.2, 0.25) is 5.02 Å². The third-order valence-electron chi connectivity index (χ3n) is 3.38. The van der Waals surface area contributed by atoms with E-state index in [-0.39, 0.29) is 5.91 Å². The minimum Gasteiger partial charge on any atom is -0.492 e. The second kappa shape index (κ2) is 12.4. The number of aliphatic imine (C=N–C) groups is 1. The molecule has 0 unspecified atom stereocenters. The molecular weight excluding hydrogens is 340 g/mol. The Labute approximate surface area is 155 Å². The molecule has 7 heteroatoms. The average molecular weight is 369 g/mol. The van der Waals surface area contributed by atoms with E-state index >= 15 is 0 Å². The number of carbonyl (C=O) groups excluding carboxylic acids is 1. The van der Waals surface area contributed by atoms with Crippen molar-refractivity contribution in [2.75, 3.05) is 39.8 Å². The summed E-state index contributed by atoms with van der Waals surface area (Å²) in [5.41, 5.74) is 0. The van der Waals surface area contributed by atoms with Crippen molar-refractivity contribution in [1.82, 2.24) is 15.5 Å². The highest BCUT2D eigenvalue weighted by Gasteiger charge is 2.06. The second-order valence-electron chi connectivity index (χ2n) is 5.56. The number of amides is 1. The number of halogens is 1. The number of nitrogens with one attached hydrogen (secondary N) is 2. The van der Waals surface area contributed by atoms with Gasteiger partial charge in [-0.05, 0) is 37.6 Å². The van der Waals surface area contributed by atoms with Crippen LogP contribution in [0.5, 0.6) is 5.75 Å². The van der Waals surface area contributed by atoms with Gasteiger partial charge in [0.05, 0.1) is 13.1 Å². The normalized spacial score (nSPS) is 11.1. The lowest BCUT2D eigenvalue weighted by Crippen LogP contribution is -2.41. The maximum atomic E-state index is 11.6. The Bertz CT molecular complexity index is 534. The van der Waals surface area contributed by atoms with Crippen LogP contribution in [0.25, 0.3) is 0 Å². The Morgan fingerprint density at radius 2 is 1.96 bits per heavy atom. The van der Waals surface area contributed by atoms with Gasteiger partial charge < -0.3 is 20.3 Å². The van der Waals surface area contributed by atoms with Gasteiger partial charge in [-0.15, -0.1) is 0 Å². The summed E-state index contributed by atoms with van der Waals surface area (Å²) >= 11 is 5.85. The van der Waals surface area contributed by atoms with Gasteiger partial charge in [0.15, 0.2) is 5.96 Å². The van der Waals surface area contributed by atoms with Crippen molar-refractivity contribution in [3.8, 4) is 5.75 Å². The summed E-state index contributed by atoms with van der Waals surface area (Å²) in [6, 6.07) is 7.29. The number of ether oxygens (including phenoxy) is 1. The molecule has 0 atom stereocenters. The molecule has 0 spiro atoms. The van der Waals surface area contributed by atoms with Gasteiger partial charge in [-0.1, -0.05) is 18.5 Å². The summed E-state index contributed by atoms with van der Waals surface area (Å²) in [4.78, 5) is 18.1. The Balaban J connectivity index is 2.40. The standard InChI is InChI=1S/C18H29ClN4O2/c1-4-11-21-17(24)10-12-22-18(20-5-2)23(3)13-14-25-16-8-6-15(19)7-9-16/h6-9H,4-5,10-14H2,1-3H3,(H,20,22)(H,21,24). The summed E-state index contributed by atoms with van der Waals surface area (Å²) in [5.74, 6) is 1.59. The molecule has 0 heterocycles. The van der Waals surface area contributed by atoms with Crippen molar-refractivity contribution in [3.05, 3.63) is 29.3 Å². The Hall–Kier alpha value is -1.95. The molecule has 6 nitrogen and oxygen atoms in total. The molecule has 0 saturated heterocycles. The lowest BCUT2D eigenvalue weighted by molar-refractivity contribution is -0.120. The van der Waals surface area contributed by atoms with E-state index in [1.807, 2.05) is 37.9 Å². The smallest absolute Gasteiger partial charge is 0.221 e. The largest absolute Gasteiger partial charge is 0.492 e. The van der Waals surface area contributed by atoms with Crippen LogP contribution in [0.15, 0.2) is 29.3 Å². The lowest BCUT2D eigenvalue weighted by atomic mass is 10.3. The van der Waals surface area contributed by atoms with Crippen molar-refractivity contribution in [2.45, 2.75) is 26.7 Å². The molecule has 0 aliphatic rings. The Morgan fingerprint density at radius 3 is 2.60 bits per heavy atom. The first kappa shape index (κ1) is 21.1. The average Bonchev–Trinajstić information content (AvgIpc) is 2.60. The molecule has 0 fully saturated rings. The summed E-state index contributed by atoms with van der Waals surface area (Å²) in [6.07, 6.45) is 1.33. The van der Waals surface area contributed by atoms with E-state index in [0.717, 1.165) is 24.7 Å². The molecule has 0 saturated carbocycles. The lowest BCUT2D eigenvalue weighted by Gasteiger charge is -2.22. The third kappa shape index (κ3) is 9.19. The van der Waals surface area contributed by atoms with Crippen LogP contribution in [0.1, 0.15) is 26.7 Å². The van der Waals surface area contributed by atoms with E-state index in [4.69, 9.17) is 16.3 Å². The van der Waals surface area contributed by atoms with E-state index in [1.165, 1.54) is 0 Å². The van der Waals surface area contributed by atoms with Gasteiger partial charge in [-0.3, -0.25) is 9.79 Å². The topological polar surface area (TPSA) is 66.0 Å². The van der Waals surface area contributed by atoms with Gasteiger partial charge >= 0.3 is 0 Å². The van der Waals surface area contributed by atoms with Crippen molar-refractivity contribution in [2.24, 2.45) is 4.99 Å². The van der Waals surface area contributed by atoms with E-state index < -0.39 is 0 Å². The zero-order valence-corrected chi connectivity index (χ0v) is 16.1. The third-order valence-corrected chi connectivity index (χ3v) is 3.63. The van der Waals surface area contributed by atoms with Crippen molar-refractivity contribution in [1.29, 1.82) is 0 Å². The number of carbonyl (C=O) groups is 1. The van der Waals surface area contributed by atoms with Crippen molar-refractivity contribution >= 4 is 23.5 Å². The van der Waals surface area contributed by atoms with E-state index in [0.29, 0.717) is 37.7 Å². The van der Waals surface area contributed by atoms with Gasteiger partial charge in [-0.25, -0.2) is 0 Å². The van der Waals surface area contributed by atoms with Crippen LogP contribution in [0.3, 0.4) is 0 Å². The van der Waals surface area contributed by atoms with Gasteiger partial charge in [0.2, 0.25) is 5.91 Å². The zero-order valence-electron chi connectivity index (χ0n) is 15.3. The quantitative estimate of drug-likeness (QED) is 0.492. The van der Waals surface area contributed by atoms with Crippen molar-refractivity contribution < 1.29 is 9.53 Å². The number of nitrogens with zero attached hydrogens (tertiary/aromatic N) is 2. The van der Waals surface area contributed by atoms with Crippen molar-refractivity contribution in [3.63, 3.8) is 0 Å². The summed E-state index contributed by atoms with van der Waals surface area (Å²) in [6.45, 7) is 7.19. The molecule has 0 aliphatic heterocycles. The highest BCUT2D eigenvalue weighted by molar-refractivity contribution is 6.30. The maximum absolute atomic E-state index is 11.6. The highest BCUT2D eigenvalue weighted by Crippen LogP contribution is 2.15. The Morgan fingerprint density at radius 1 is 1.24 bits per heavy atom. The molecule has 2 N–H and O–H groups in total. The van der Waals surface area contributed by atoms with Crippen LogP contribution in [-0.2, 0) is 4.79 Å². The summed E-state index contributed by atoms with van der Waals surface area (Å²) in [7, 11) is 1.95. The van der Waals surface area contributed by atoms with Crippen LogP contribution >= 0.6 is 11.6 Å². The van der Waals surface area contributed by atoms with Gasteiger partial charge in [0, 0.05) is 31.6 Å². The first-order chi connectivity index (χ1) is 12.1. The summed E-state index contributed by atoms with van der Waals surface area (Å²) < 4.78 is 5.70. The van der Waals surface area contributed by atoms with E-state index in [9.17, 15) is 4.79 Å². The van der Waals surface area contributed by atoms with Gasteiger partial charge in [0.25, 0.3) is 0 Å². The fourth-order valence-corrected chi connectivity index (χ4v) is 2.15. The predicted octanol–water partition coefficient (Wildman–Crippen LogP) is 2.53. The first-order valence-corrected chi connectivity index (χ1v) is 9.09. The monoisotopic (exact) mass is 368 g/mol. The van der Waals surface area contributed by atoms with E-state index in [2.05, 4.69) is 15.6 Å². The van der Waals surface area contributed by atoms with Gasteiger partial charge in [-0.2, -0.15) is 0 Å². The molecule has 25 heavy (non-hydrogen) atoms.